The summed E-state index contributed by atoms with van der Waals surface area (Å²) in [5, 5.41) is 5.68. The van der Waals surface area contributed by atoms with Gasteiger partial charge in [-0.05, 0) is 125 Å². The second kappa shape index (κ2) is 15.4. The fourth-order valence-electron chi connectivity index (χ4n) is 6.34. The first-order valence-corrected chi connectivity index (χ1v) is 16.8. The second-order valence-electron chi connectivity index (χ2n) is 14.0. The number of amides is 2. The Morgan fingerprint density at radius 1 is 1.00 bits per heavy atom. The Balaban J connectivity index is 1.63. The highest BCUT2D eigenvalue weighted by Crippen LogP contribution is 2.34. The molecule has 2 heterocycles. The Labute approximate surface area is 288 Å². The Kier molecular flexibility index (Phi) is 11.8. The van der Waals surface area contributed by atoms with Crippen LogP contribution in [0, 0.1) is 38.3 Å². The molecule has 2 N–H and O–H groups in total. The van der Waals surface area contributed by atoms with E-state index >= 15 is 4.39 Å². The van der Waals surface area contributed by atoms with E-state index in [1.165, 1.54) is 12.1 Å². The molecule has 9 nitrogen and oxygen atoms in total. The van der Waals surface area contributed by atoms with Gasteiger partial charge in [0.1, 0.15) is 29.2 Å². The molecular weight excluding hydrogens is 628 g/mol. The number of hydrogen-bond donors (Lipinski definition) is 2. The van der Waals surface area contributed by atoms with E-state index in [-0.39, 0.29) is 48.0 Å². The van der Waals surface area contributed by atoms with Gasteiger partial charge in [-0.1, -0.05) is 19.9 Å². The molecule has 264 valence electrons. The van der Waals surface area contributed by atoms with Crippen LogP contribution in [0.1, 0.15) is 79.3 Å². The molecule has 0 bridgehead atoms. The van der Waals surface area contributed by atoms with Crippen LogP contribution in [-0.2, 0) is 14.3 Å². The van der Waals surface area contributed by atoms with Crippen molar-refractivity contribution in [2.75, 3.05) is 38.7 Å². The minimum absolute atomic E-state index is 0.00862. The lowest BCUT2D eigenvalue weighted by atomic mass is 9.90. The van der Waals surface area contributed by atoms with Gasteiger partial charge in [-0.15, -0.1) is 0 Å². The predicted octanol–water partition coefficient (Wildman–Crippen LogP) is 6.05. The highest BCUT2D eigenvalue weighted by molar-refractivity contribution is 5.96. The highest BCUT2D eigenvalue weighted by atomic mass is 19.1. The zero-order chi connectivity index (χ0) is 36.2. The standard InChI is InChI=1S/C38H49F2N5O4/c1-10-49-33(46)19-30(28-18-26(15-25(6)35(28)40)34-23(4)16-27(39)17-24(34)5)42-37(48)31(14-22(2)3)43-36(47)29-12-11-13-32(41-29)45-20-38(7,21-45)44(8)9/h11-13,15-18,22,30-31H,10,14,19-21H2,1-9H3,(H,42,48)(H,43,47)/t30-,31-/m0/s1. The first kappa shape index (κ1) is 37.4. The summed E-state index contributed by atoms with van der Waals surface area (Å²) in [6.45, 7) is 14.5. The van der Waals surface area contributed by atoms with Crippen molar-refractivity contribution < 1.29 is 27.9 Å². The minimum Gasteiger partial charge on any atom is -0.466 e. The van der Waals surface area contributed by atoms with Gasteiger partial charge in [0, 0.05) is 18.7 Å². The van der Waals surface area contributed by atoms with Crippen molar-refractivity contribution in [1.82, 2.24) is 20.5 Å². The maximum Gasteiger partial charge on any atom is 0.308 e. The summed E-state index contributed by atoms with van der Waals surface area (Å²) in [7, 11) is 4.07. The Morgan fingerprint density at radius 3 is 2.24 bits per heavy atom. The molecule has 0 aliphatic carbocycles. The van der Waals surface area contributed by atoms with Crippen molar-refractivity contribution in [3.63, 3.8) is 0 Å². The van der Waals surface area contributed by atoms with E-state index in [0.717, 1.165) is 18.7 Å². The molecule has 2 amide bonds. The van der Waals surface area contributed by atoms with Gasteiger partial charge in [-0.3, -0.25) is 14.4 Å². The number of benzene rings is 2. The average Bonchev–Trinajstić information content (AvgIpc) is 2.99. The van der Waals surface area contributed by atoms with Crippen LogP contribution in [0.25, 0.3) is 11.1 Å². The number of rotatable bonds is 13. The Hall–Kier alpha value is -4.38. The van der Waals surface area contributed by atoms with Gasteiger partial charge in [0.15, 0.2) is 0 Å². The first-order valence-electron chi connectivity index (χ1n) is 16.8. The zero-order valence-corrected chi connectivity index (χ0v) is 30.0. The molecule has 1 aliphatic heterocycles. The van der Waals surface area contributed by atoms with E-state index in [1.807, 2.05) is 34.0 Å². The number of carbonyl (C=O) groups is 3. The van der Waals surface area contributed by atoms with E-state index in [2.05, 4.69) is 32.3 Å². The van der Waals surface area contributed by atoms with Crippen molar-refractivity contribution in [3.05, 3.63) is 82.0 Å². The number of pyridine rings is 1. The Morgan fingerprint density at radius 2 is 1.65 bits per heavy atom. The van der Waals surface area contributed by atoms with Gasteiger partial charge < -0.3 is 25.2 Å². The Bertz CT molecular complexity index is 1680. The average molecular weight is 678 g/mol. The van der Waals surface area contributed by atoms with Crippen LogP contribution >= 0.6 is 0 Å². The first-order chi connectivity index (χ1) is 23.0. The largest absolute Gasteiger partial charge is 0.466 e. The number of carbonyl (C=O) groups excluding carboxylic acids is 3. The number of hydrogen-bond acceptors (Lipinski definition) is 7. The number of ether oxygens (including phenoxy) is 1. The fraction of sp³-hybridized carbons (Fsp3) is 0.474. The van der Waals surface area contributed by atoms with E-state index in [4.69, 9.17) is 4.74 Å². The number of nitrogens with zero attached hydrogens (tertiary/aromatic N) is 3. The van der Waals surface area contributed by atoms with Crippen LogP contribution in [0.15, 0.2) is 42.5 Å². The van der Waals surface area contributed by atoms with Crippen LogP contribution in [0.4, 0.5) is 14.6 Å². The quantitative estimate of drug-likeness (QED) is 0.213. The number of anilines is 1. The molecule has 2 aromatic carbocycles. The lowest BCUT2D eigenvalue weighted by Crippen LogP contribution is -2.67. The maximum atomic E-state index is 15.9. The summed E-state index contributed by atoms with van der Waals surface area (Å²) in [5.41, 5.74) is 3.24. The third-order valence-electron chi connectivity index (χ3n) is 9.20. The number of aromatic nitrogens is 1. The summed E-state index contributed by atoms with van der Waals surface area (Å²) >= 11 is 0. The number of nitrogens with one attached hydrogen (secondary N) is 2. The molecule has 1 saturated heterocycles. The summed E-state index contributed by atoms with van der Waals surface area (Å²) in [4.78, 5) is 49.1. The number of esters is 1. The molecule has 1 aliphatic rings. The van der Waals surface area contributed by atoms with Crippen molar-refractivity contribution in [2.24, 2.45) is 5.92 Å². The van der Waals surface area contributed by atoms with Crippen LogP contribution < -0.4 is 15.5 Å². The van der Waals surface area contributed by atoms with Crippen LogP contribution in [0.2, 0.25) is 0 Å². The van der Waals surface area contributed by atoms with Crippen molar-refractivity contribution in [2.45, 2.75) is 78.9 Å². The second-order valence-corrected chi connectivity index (χ2v) is 14.0. The van der Waals surface area contributed by atoms with Crippen molar-refractivity contribution >= 4 is 23.6 Å². The van der Waals surface area contributed by atoms with Crippen LogP contribution in [0.3, 0.4) is 0 Å². The molecule has 49 heavy (non-hydrogen) atoms. The molecule has 4 rings (SSSR count). The van der Waals surface area contributed by atoms with Crippen molar-refractivity contribution in [3.8, 4) is 11.1 Å². The van der Waals surface area contributed by atoms with Gasteiger partial charge in [-0.25, -0.2) is 13.8 Å². The molecule has 1 aromatic heterocycles. The molecule has 0 radical (unpaired) electrons. The SMILES string of the molecule is CCOC(=O)C[C@H](NC(=O)[C@H](CC(C)C)NC(=O)c1cccc(N2CC(C)(N(C)C)C2)n1)c1cc(-c2c(C)cc(F)cc2C)cc(C)c1F. The monoisotopic (exact) mass is 677 g/mol. The normalized spacial score (nSPS) is 15.1. The van der Waals surface area contributed by atoms with Crippen LogP contribution in [0.5, 0.6) is 0 Å². The lowest BCUT2D eigenvalue weighted by Gasteiger charge is -2.52. The third kappa shape index (κ3) is 8.81. The number of aryl methyl sites for hydroxylation is 3. The summed E-state index contributed by atoms with van der Waals surface area (Å²) in [6.07, 6.45) is -0.0549. The molecule has 0 unspecified atom stereocenters. The number of halogens is 2. The topological polar surface area (TPSA) is 104 Å². The van der Waals surface area contributed by atoms with Gasteiger partial charge in [0.2, 0.25) is 5.91 Å². The van der Waals surface area contributed by atoms with Gasteiger partial charge >= 0.3 is 5.97 Å². The van der Waals surface area contributed by atoms with E-state index in [9.17, 15) is 18.8 Å². The fourth-order valence-corrected chi connectivity index (χ4v) is 6.34. The zero-order valence-electron chi connectivity index (χ0n) is 30.0. The molecule has 11 heteroatoms. The molecule has 0 spiro atoms. The molecule has 2 atom stereocenters. The van der Waals surface area contributed by atoms with Crippen LogP contribution in [-0.4, -0.2) is 73.0 Å². The lowest BCUT2D eigenvalue weighted by molar-refractivity contribution is -0.143. The third-order valence-corrected chi connectivity index (χ3v) is 9.20. The van der Waals surface area contributed by atoms with Gasteiger partial charge in [0.25, 0.3) is 5.91 Å². The summed E-state index contributed by atoms with van der Waals surface area (Å²) in [5.74, 6) is -2.00. The molecular formula is C38H49F2N5O4. The maximum absolute atomic E-state index is 15.9. The highest BCUT2D eigenvalue weighted by Gasteiger charge is 2.41. The van der Waals surface area contributed by atoms with Gasteiger partial charge in [0.05, 0.1) is 24.6 Å². The smallest absolute Gasteiger partial charge is 0.308 e. The minimum atomic E-state index is -1.11. The molecule has 3 aromatic rings. The van der Waals surface area contributed by atoms with Gasteiger partial charge in [-0.2, -0.15) is 0 Å². The summed E-state index contributed by atoms with van der Waals surface area (Å²) < 4.78 is 35.2. The van der Waals surface area contributed by atoms with E-state index in [1.54, 1.807) is 52.0 Å². The summed E-state index contributed by atoms with van der Waals surface area (Å²) in [6, 6.07) is 9.17. The molecule has 0 saturated carbocycles. The number of likely N-dealkylation sites (N-methyl/N-ethyl adjacent to an activating group) is 1. The molecule has 1 fully saturated rings. The van der Waals surface area contributed by atoms with E-state index < -0.39 is 35.7 Å². The predicted molar refractivity (Wildman–Crippen MR) is 187 cm³/mol. The van der Waals surface area contributed by atoms with Crippen molar-refractivity contribution in [1.29, 1.82) is 0 Å². The van der Waals surface area contributed by atoms with E-state index in [0.29, 0.717) is 28.1 Å².